The molecule has 0 aliphatic carbocycles. The number of nitrogens with one attached hydrogen (secondary N) is 1. The second-order valence-electron chi connectivity index (χ2n) is 3.93. The first-order valence-electron chi connectivity index (χ1n) is 5.38. The number of benzene rings is 1. The number of hydrogen-bond acceptors (Lipinski definition) is 3. The third-order valence-electron chi connectivity index (χ3n) is 2.37. The fourth-order valence-electron chi connectivity index (χ4n) is 1.52. The van der Waals surface area contributed by atoms with Crippen molar-refractivity contribution in [2.45, 2.75) is 19.1 Å². The largest absolute Gasteiger partial charge is 0.413 e. The lowest BCUT2D eigenvalue weighted by Crippen LogP contribution is -2.26. The third-order valence-corrected chi connectivity index (χ3v) is 3.67. The van der Waals surface area contributed by atoms with E-state index in [-0.39, 0.29) is 6.04 Å². The van der Waals surface area contributed by atoms with E-state index in [1.165, 1.54) is 11.3 Å². The molecule has 2 nitrogen and oxygen atoms in total. The summed E-state index contributed by atoms with van der Waals surface area (Å²) < 4.78 is 36.8. The number of fused-ring (bicyclic) bond motifs is 1. The van der Waals surface area contributed by atoms with Crippen molar-refractivity contribution in [2.24, 2.45) is 0 Å². The number of hydroxylamine groups is 1. The number of alkyl halides is 3. The molecule has 2 aromatic rings. The van der Waals surface area contributed by atoms with Crippen LogP contribution in [-0.4, -0.2) is 12.8 Å². The van der Waals surface area contributed by atoms with Gasteiger partial charge in [-0.05, 0) is 24.4 Å². The van der Waals surface area contributed by atoms with Crippen LogP contribution in [0.2, 0.25) is 0 Å². The van der Waals surface area contributed by atoms with Crippen molar-refractivity contribution in [1.82, 2.24) is 5.48 Å². The zero-order valence-corrected chi connectivity index (χ0v) is 10.4. The van der Waals surface area contributed by atoms with Crippen LogP contribution >= 0.6 is 11.3 Å². The molecule has 0 saturated carbocycles. The van der Waals surface area contributed by atoms with Gasteiger partial charge in [0.2, 0.25) is 0 Å². The molecule has 1 N–H and O–H groups in total. The Morgan fingerprint density at radius 1 is 1.33 bits per heavy atom. The Labute approximate surface area is 106 Å². The molecular weight excluding hydrogens is 263 g/mol. The number of halogens is 3. The molecular formula is C12H12F3NOS. The maximum absolute atomic E-state index is 11.9. The molecule has 1 aromatic heterocycles. The maximum atomic E-state index is 11.9. The van der Waals surface area contributed by atoms with Crippen LogP contribution in [0.1, 0.15) is 17.8 Å². The normalized spacial score (nSPS) is 14.0. The van der Waals surface area contributed by atoms with Gasteiger partial charge in [0.25, 0.3) is 0 Å². The number of rotatable bonds is 4. The fourth-order valence-corrected chi connectivity index (χ4v) is 2.58. The van der Waals surface area contributed by atoms with Gasteiger partial charge in [-0.1, -0.05) is 18.2 Å². The van der Waals surface area contributed by atoms with Gasteiger partial charge in [-0.25, -0.2) is 0 Å². The van der Waals surface area contributed by atoms with Crippen LogP contribution in [0, 0.1) is 0 Å². The van der Waals surface area contributed by atoms with Gasteiger partial charge in [-0.3, -0.25) is 4.84 Å². The molecule has 0 fully saturated rings. The van der Waals surface area contributed by atoms with E-state index < -0.39 is 12.8 Å². The molecule has 1 atom stereocenters. The van der Waals surface area contributed by atoms with Crippen molar-refractivity contribution in [2.75, 3.05) is 6.61 Å². The first-order chi connectivity index (χ1) is 8.46. The molecule has 1 heterocycles. The molecule has 0 saturated heterocycles. The van der Waals surface area contributed by atoms with Gasteiger partial charge in [0.15, 0.2) is 6.61 Å². The van der Waals surface area contributed by atoms with E-state index in [2.05, 4.69) is 10.3 Å². The van der Waals surface area contributed by atoms with Crippen molar-refractivity contribution in [3.05, 3.63) is 35.2 Å². The summed E-state index contributed by atoms with van der Waals surface area (Å²) in [5.74, 6) is 0. The molecule has 1 unspecified atom stereocenters. The van der Waals surface area contributed by atoms with Crippen LogP contribution in [0.4, 0.5) is 13.2 Å². The Kier molecular flexibility index (Phi) is 3.89. The van der Waals surface area contributed by atoms with E-state index in [0.29, 0.717) is 0 Å². The summed E-state index contributed by atoms with van der Waals surface area (Å²) in [7, 11) is 0. The van der Waals surface area contributed by atoms with Gasteiger partial charge in [0.1, 0.15) is 0 Å². The average Bonchev–Trinajstić information content (AvgIpc) is 2.70. The Bertz CT molecular complexity index is 490. The molecule has 0 radical (unpaired) electrons. The summed E-state index contributed by atoms with van der Waals surface area (Å²) in [4.78, 5) is 5.38. The quantitative estimate of drug-likeness (QED) is 0.850. The van der Waals surface area contributed by atoms with Crippen molar-refractivity contribution in [3.63, 3.8) is 0 Å². The lowest BCUT2D eigenvalue weighted by molar-refractivity contribution is -0.192. The van der Waals surface area contributed by atoms with Crippen molar-refractivity contribution >= 4 is 21.4 Å². The van der Waals surface area contributed by atoms with Crippen LogP contribution in [0.25, 0.3) is 10.1 Å². The molecule has 1 aromatic carbocycles. The summed E-state index contributed by atoms with van der Waals surface area (Å²) in [6, 6.07) is 9.49. The van der Waals surface area contributed by atoms with E-state index in [1.54, 1.807) is 6.92 Å². The minimum absolute atomic E-state index is 0.273. The molecule has 0 spiro atoms. The molecule has 0 aliphatic rings. The van der Waals surface area contributed by atoms with Crippen molar-refractivity contribution in [3.8, 4) is 0 Å². The molecule has 0 bridgehead atoms. The third kappa shape index (κ3) is 3.44. The number of thiophene rings is 1. The minimum atomic E-state index is -4.31. The lowest BCUT2D eigenvalue weighted by Gasteiger charge is -2.13. The highest BCUT2D eigenvalue weighted by Crippen LogP contribution is 2.29. The van der Waals surface area contributed by atoms with Gasteiger partial charge in [-0.2, -0.15) is 18.7 Å². The summed E-state index contributed by atoms with van der Waals surface area (Å²) in [5.41, 5.74) is 2.41. The van der Waals surface area contributed by atoms with E-state index in [1.807, 2.05) is 30.3 Å². The van der Waals surface area contributed by atoms with Crippen LogP contribution in [-0.2, 0) is 4.84 Å². The zero-order valence-electron chi connectivity index (χ0n) is 9.62. The SMILES string of the molecule is CC(NOCC(F)(F)F)c1cc2ccccc2s1. The minimum Gasteiger partial charge on any atom is -0.292 e. The predicted molar refractivity (Wildman–Crippen MR) is 65.4 cm³/mol. The highest BCUT2D eigenvalue weighted by atomic mass is 32.1. The lowest BCUT2D eigenvalue weighted by atomic mass is 10.2. The standard InChI is InChI=1S/C12H12F3NOS/c1-8(16-17-7-12(13,14)15)11-6-9-4-2-3-5-10(9)18-11/h2-6,8,16H,7H2,1H3. The Hall–Kier alpha value is -1.11. The van der Waals surface area contributed by atoms with E-state index in [4.69, 9.17) is 0 Å². The first-order valence-corrected chi connectivity index (χ1v) is 6.20. The summed E-state index contributed by atoms with van der Waals surface area (Å²) in [6.45, 7) is 0.476. The van der Waals surface area contributed by atoms with Gasteiger partial charge < -0.3 is 0 Å². The summed E-state index contributed by atoms with van der Waals surface area (Å²) in [5, 5.41) is 1.09. The second kappa shape index (κ2) is 5.26. The topological polar surface area (TPSA) is 21.3 Å². The maximum Gasteiger partial charge on any atom is 0.413 e. The second-order valence-corrected chi connectivity index (χ2v) is 5.05. The Morgan fingerprint density at radius 3 is 2.72 bits per heavy atom. The van der Waals surface area contributed by atoms with E-state index in [0.717, 1.165) is 15.0 Å². The van der Waals surface area contributed by atoms with Crippen molar-refractivity contribution in [1.29, 1.82) is 0 Å². The van der Waals surface area contributed by atoms with Crippen LogP contribution < -0.4 is 5.48 Å². The monoisotopic (exact) mass is 275 g/mol. The van der Waals surface area contributed by atoms with Gasteiger partial charge in [0, 0.05) is 9.58 Å². The van der Waals surface area contributed by atoms with Gasteiger partial charge in [-0.15, -0.1) is 11.3 Å². The summed E-state index contributed by atoms with van der Waals surface area (Å²) in [6.07, 6.45) is -4.31. The van der Waals surface area contributed by atoms with Crippen LogP contribution in [0.3, 0.4) is 0 Å². The van der Waals surface area contributed by atoms with E-state index in [9.17, 15) is 13.2 Å². The van der Waals surface area contributed by atoms with Crippen LogP contribution in [0.15, 0.2) is 30.3 Å². The molecule has 18 heavy (non-hydrogen) atoms. The highest BCUT2D eigenvalue weighted by molar-refractivity contribution is 7.19. The zero-order chi connectivity index (χ0) is 13.2. The fraction of sp³-hybridized carbons (Fsp3) is 0.333. The smallest absolute Gasteiger partial charge is 0.292 e. The predicted octanol–water partition coefficient (Wildman–Crippen LogP) is 4.05. The molecule has 98 valence electrons. The Balaban J connectivity index is 1.98. The molecule has 0 amide bonds. The van der Waals surface area contributed by atoms with Crippen LogP contribution in [0.5, 0.6) is 0 Å². The van der Waals surface area contributed by atoms with Crippen molar-refractivity contribution < 1.29 is 18.0 Å². The Morgan fingerprint density at radius 2 is 2.06 bits per heavy atom. The summed E-state index contributed by atoms with van der Waals surface area (Å²) >= 11 is 1.54. The molecule has 6 heteroatoms. The highest BCUT2D eigenvalue weighted by Gasteiger charge is 2.28. The van der Waals surface area contributed by atoms with Gasteiger partial charge >= 0.3 is 6.18 Å². The number of hydrogen-bond donors (Lipinski definition) is 1. The molecule has 2 rings (SSSR count). The van der Waals surface area contributed by atoms with E-state index >= 15 is 0 Å². The molecule has 0 aliphatic heterocycles. The van der Waals surface area contributed by atoms with Gasteiger partial charge in [0.05, 0.1) is 6.04 Å². The average molecular weight is 275 g/mol. The first kappa shape index (κ1) is 13.3.